The van der Waals surface area contributed by atoms with Gasteiger partial charge in [-0.05, 0) is 38.5 Å². The molecule has 2 heterocycles. The highest BCUT2D eigenvalue weighted by atomic mass is 32.1. The van der Waals surface area contributed by atoms with Crippen molar-refractivity contribution in [3.05, 3.63) is 39.3 Å². The van der Waals surface area contributed by atoms with Crippen molar-refractivity contribution in [1.29, 1.82) is 0 Å². The maximum Gasteiger partial charge on any atom is 0.266 e. The molecule has 0 saturated heterocycles. The second-order valence-corrected chi connectivity index (χ2v) is 6.65. The molecule has 0 atom stereocenters. The third-order valence-electron chi connectivity index (χ3n) is 3.75. The molecule has 1 aromatic heterocycles. The summed E-state index contributed by atoms with van der Waals surface area (Å²) in [4.78, 5) is 19.6. The van der Waals surface area contributed by atoms with Gasteiger partial charge >= 0.3 is 0 Å². The molecule has 0 radical (unpaired) electrons. The largest absolute Gasteiger partial charge is 0.486 e. The molecule has 2 aromatic rings. The lowest BCUT2D eigenvalue weighted by Crippen LogP contribution is -2.30. The van der Waals surface area contributed by atoms with Gasteiger partial charge in [0.1, 0.15) is 18.1 Å². The van der Waals surface area contributed by atoms with Crippen LogP contribution in [0.2, 0.25) is 0 Å². The Kier molecular flexibility index (Phi) is 4.52. The summed E-state index contributed by atoms with van der Waals surface area (Å²) in [6, 6.07) is 5.84. The molecule has 122 valence electrons. The highest BCUT2D eigenvalue weighted by Gasteiger charge is 2.21. The Morgan fingerprint density at radius 1 is 1.26 bits per heavy atom. The Balaban J connectivity index is 1.79. The van der Waals surface area contributed by atoms with Crippen LogP contribution in [0.15, 0.2) is 18.2 Å². The lowest BCUT2D eigenvalue weighted by atomic mass is 10.1. The summed E-state index contributed by atoms with van der Waals surface area (Å²) in [6.07, 6.45) is 0. The highest BCUT2D eigenvalue weighted by Crippen LogP contribution is 2.31. The number of benzene rings is 1. The van der Waals surface area contributed by atoms with Gasteiger partial charge in [-0.1, -0.05) is 6.07 Å². The van der Waals surface area contributed by atoms with E-state index in [0.717, 1.165) is 32.6 Å². The zero-order chi connectivity index (χ0) is 16.4. The minimum atomic E-state index is 0.0329. The fourth-order valence-corrected chi connectivity index (χ4v) is 3.49. The van der Waals surface area contributed by atoms with Crippen molar-refractivity contribution in [2.24, 2.45) is 0 Å². The van der Waals surface area contributed by atoms with Gasteiger partial charge in [0.05, 0.1) is 10.7 Å². The van der Waals surface area contributed by atoms with Gasteiger partial charge in [0.25, 0.3) is 5.91 Å². The third kappa shape index (κ3) is 3.32. The van der Waals surface area contributed by atoms with Crippen LogP contribution in [0, 0.1) is 13.8 Å². The monoisotopic (exact) mass is 332 g/mol. The number of thiazole rings is 1. The summed E-state index contributed by atoms with van der Waals surface area (Å²) in [5, 5.41) is 0.918. The van der Waals surface area contributed by atoms with E-state index in [1.807, 2.05) is 43.9 Å². The molecule has 0 spiro atoms. The molecule has 0 saturated carbocycles. The Labute approximate surface area is 139 Å². The van der Waals surface area contributed by atoms with Crippen molar-refractivity contribution in [2.45, 2.75) is 27.3 Å². The quantitative estimate of drug-likeness (QED) is 0.863. The van der Waals surface area contributed by atoms with Gasteiger partial charge < -0.3 is 14.4 Å². The fraction of sp³-hybridized carbons (Fsp3) is 0.412. The summed E-state index contributed by atoms with van der Waals surface area (Å²) in [5.41, 5.74) is 1.83. The third-order valence-corrected chi connectivity index (χ3v) is 4.81. The number of aryl methyl sites for hydroxylation is 2. The first-order chi connectivity index (χ1) is 11.1. The molecule has 0 unspecified atom stereocenters. The summed E-state index contributed by atoms with van der Waals surface area (Å²) < 4.78 is 11.1. The van der Waals surface area contributed by atoms with Crippen LogP contribution in [-0.2, 0) is 6.54 Å². The number of nitrogens with zero attached hydrogens (tertiary/aromatic N) is 2. The molecule has 23 heavy (non-hydrogen) atoms. The van der Waals surface area contributed by atoms with E-state index in [1.165, 1.54) is 11.3 Å². The number of carbonyl (C=O) groups is 1. The average Bonchev–Trinajstić information content (AvgIpc) is 2.90. The number of aromatic nitrogens is 1. The molecule has 0 fully saturated rings. The smallest absolute Gasteiger partial charge is 0.266 e. The van der Waals surface area contributed by atoms with Crippen LogP contribution in [0.5, 0.6) is 11.5 Å². The zero-order valence-corrected chi connectivity index (χ0v) is 14.4. The molecule has 0 bridgehead atoms. The maximum atomic E-state index is 12.7. The SMILES string of the molecule is CCN(Cc1ccc2c(c1)OCCO2)C(=O)c1sc(C)nc1C. The molecule has 0 N–H and O–H groups in total. The first-order valence-electron chi connectivity index (χ1n) is 7.70. The Hall–Kier alpha value is -2.08. The number of carbonyl (C=O) groups excluding carboxylic acids is 1. The number of hydrogen-bond acceptors (Lipinski definition) is 5. The van der Waals surface area contributed by atoms with Crippen molar-refractivity contribution in [2.75, 3.05) is 19.8 Å². The van der Waals surface area contributed by atoms with Gasteiger partial charge in [-0.15, -0.1) is 11.3 Å². The van der Waals surface area contributed by atoms with E-state index >= 15 is 0 Å². The topological polar surface area (TPSA) is 51.7 Å². The van der Waals surface area contributed by atoms with Crippen molar-refractivity contribution in [3.8, 4) is 11.5 Å². The molecule has 6 heteroatoms. The number of ether oxygens (including phenoxy) is 2. The molecule has 5 nitrogen and oxygen atoms in total. The van der Waals surface area contributed by atoms with Crippen LogP contribution in [0.1, 0.15) is 32.9 Å². The molecule has 1 amide bonds. The van der Waals surface area contributed by atoms with Crippen LogP contribution < -0.4 is 9.47 Å². The van der Waals surface area contributed by atoms with E-state index in [1.54, 1.807) is 0 Å². The Bertz CT molecular complexity index is 727. The van der Waals surface area contributed by atoms with E-state index in [0.29, 0.717) is 26.3 Å². The first kappa shape index (κ1) is 15.8. The fourth-order valence-electron chi connectivity index (χ4n) is 2.61. The van der Waals surface area contributed by atoms with Gasteiger partial charge in [-0.25, -0.2) is 4.98 Å². The van der Waals surface area contributed by atoms with Crippen molar-refractivity contribution in [1.82, 2.24) is 9.88 Å². The lowest BCUT2D eigenvalue weighted by molar-refractivity contribution is 0.0756. The van der Waals surface area contributed by atoms with E-state index in [4.69, 9.17) is 9.47 Å². The minimum absolute atomic E-state index is 0.0329. The second-order valence-electron chi connectivity index (χ2n) is 5.44. The van der Waals surface area contributed by atoms with Gasteiger partial charge in [0, 0.05) is 13.1 Å². The van der Waals surface area contributed by atoms with Crippen molar-refractivity contribution < 1.29 is 14.3 Å². The van der Waals surface area contributed by atoms with E-state index < -0.39 is 0 Å². The summed E-state index contributed by atoms with van der Waals surface area (Å²) in [5.74, 6) is 1.55. The summed E-state index contributed by atoms with van der Waals surface area (Å²) in [6.45, 7) is 8.12. The van der Waals surface area contributed by atoms with Gasteiger partial charge in [0.15, 0.2) is 11.5 Å². The van der Waals surface area contributed by atoms with Crippen LogP contribution in [-0.4, -0.2) is 35.5 Å². The van der Waals surface area contributed by atoms with E-state index in [9.17, 15) is 4.79 Å². The van der Waals surface area contributed by atoms with Crippen LogP contribution in [0.3, 0.4) is 0 Å². The molecule has 1 aliphatic rings. The molecular formula is C17H20N2O3S. The highest BCUT2D eigenvalue weighted by molar-refractivity contribution is 7.13. The van der Waals surface area contributed by atoms with Crippen LogP contribution in [0.4, 0.5) is 0 Å². The molecular weight excluding hydrogens is 312 g/mol. The predicted octanol–water partition coefficient (Wildman–Crippen LogP) is 3.19. The first-order valence-corrected chi connectivity index (χ1v) is 8.52. The lowest BCUT2D eigenvalue weighted by Gasteiger charge is -2.23. The molecule has 0 aliphatic carbocycles. The van der Waals surface area contributed by atoms with Crippen LogP contribution >= 0.6 is 11.3 Å². The van der Waals surface area contributed by atoms with Crippen molar-refractivity contribution in [3.63, 3.8) is 0 Å². The summed E-state index contributed by atoms with van der Waals surface area (Å²) >= 11 is 1.45. The second kappa shape index (κ2) is 6.58. The van der Waals surface area contributed by atoms with Gasteiger partial charge in [-0.3, -0.25) is 4.79 Å². The number of amides is 1. The predicted molar refractivity (Wildman–Crippen MR) is 89.4 cm³/mol. The standard InChI is InChI=1S/C17H20N2O3S/c1-4-19(17(20)16-11(2)18-12(3)23-16)10-13-5-6-14-15(9-13)22-8-7-21-14/h5-6,9H,4,7-8,10H2,1-3H3. The summed E-state index contributed by atoms with van der Waals surface area (Å²) in [7, 11) is 0. The molecule has 3 rings (SSSR count). The number of fused-ring (bicyclic) bond motifs is 1. The minimum Gasteiger partial charge on any atom is -0.486 e. The Morgan fingerprint density at radius 2 is 2.00 bits per heavy atom. The van der Waals surface area contributed by atoms with E-state index in [2.05, 4.69) is 4.98 Å². The van der Waals surface area contributed by atoms with E-state index in [-0.39, 0.29) is 5.91 Å². The van der Waals surface area contributed by atoms with Crippen molar-refractivity contribution >= 4 is 17.2 Å². The maximum absolute atomic E-state index is 12.7. The van der Waals surface area contributed by atoms with Gasteiger partial charge in [0.2, 0.25) is 0 Å². The average molecular weight is 332 g/mol. The molecule has 1 aromatic carbocycles. The zero-order valence-electron chi connectivity index (χ0n) is 13.6. The number of rotatable bonds is 4. The number of hydrogen-bond donors (Lipinski definition) is 0. The molecule has 1 aliphatic heterocycles. The normalized spacial score (nSPS) is 13.0. The van der Waals surface area contributed by atoms with Gasteiger partial charge in [-0.2, -0.15) is 0 Å². The van der Waals surface area contributed by atoms with Crippen LogP contribution in [0.25, 0.3) is 0 Å². The Morgan fingerprint density at radius 3 is 2.65 bits per heavy atom.